The topological polar surface area (TPSA) is 73.3 Å². The zero-order valence-corrected chi connectivity index (χ0v) is 14.2. The van der Waals surface area contributed by atoms with Gasteiger partial charge in [0, 0.05) is 19.5 Å². The number of carbonyl (C=O) groups is 2. The van der Waals surface area contributed by atoms with E-state index >= 15 is 0 Å². The summed E-state index contributed by atoms with van der Waals surface area (Å²) in [5.74, 6) is -0.609. The number of halogens is 1. The number of benzene rings is 1. The Morgan fingerprint density at radius 2 is 1.96 bits per heavy atom. The molecular weight excluding hydrogens is 314 g/mol. The molecule has 1 aromatic rings. The van der Waals surface area contributed by atoms with E-state index in [1.807, 2.05) is 0 Å². The molecule has 23 heavy (non-hydrogen) atoms. The summed E-state index contributed by atoms with van der Waals surface area (Å²) < 4.78 is 0. The van der Waals surface area contributed by atoms with Crippen molar-refractivity contribution in [1.82, 2.24) is 0 Å². The first-order chi connectivity index (χ1) is 10.8. The summed E-state index contributed by atoms with van der Waals surface area (Å²) in [6.45, 7) is 4.75. The van der Waals surface area contributed by atoms with Gasteiger partial charge < -0.3 is 10.7 Å². The number of amides is 1. The fourth-order valence-electron chi connectivity index (χ4n) is 2.53. The van der Waals surface area contributed by atoms with Gasteiger partial charge in [0.15, 0.2) is 0 Å². The van der Waals surface area contributed by atoms with Gasteiger partial charge in [0.05, 0.1) is 22.1 Å². The number of carbonyl (C=O) groups excluding carboxylic acids is 2. The maximum absolute atomic E-state index is 12.4. The monoisotopic (exact) mass is 331 g/mol. The van der Waals surface area contributed by atoms with Crippen molar-refractivity contribution in [3.8, 4) is 0 Å². The third-order valence-electron chi connectivity index (χ3n) is 3.72. The number of nitrogens with one attached hydrogen (secondary N) is 2. The van der Waals surface area contributed by atoms with E-state index in [0.717, 1.165) is 5.69 Å². The number of hydrogen-bond acceptors (Lipinski definition) is 4. The largest absolute Gasteiger partial charge is 0.387 e. The molecule has 0 aliphatic heterocycles. The predicted octanol–water partition coefficient (Wildman–Crippen LogP) is 3.56. The second-order valence-electron chi connectivity index (χ2n) is 5.31. The smallest absolute Gasteiger partial charge is 0.228 e. The van der Waals surface area contributed by atoms with Gasteiger partial charge in [-0.2, -0.15) is 0 Å². The van der Waals surface area contributed by atoms with Crippen LogP contribution in [0.1, 0.15) is 20.8 Å². The van der Waals surface area contributed by atoms with Crippen LogP contribution in [0.2, 0.25) is 5.02 Å². The molecule has 0 fully saturated rings. The minimum atomic E-state index is -0.318. The van der Waals surface area contributed by atoms with Crippen molar-refractivity contribution in [2.24, 2.45) is 0 Å². The molecule has 0 unspecified atom stereocenters. The summed E-state index contributed by atoms with van der Waals surface area (Å²) in [5.41, 5.74) is 2.72. The Hall–Kier alpha value is -2.40. The van der Waals surface area contributed by atoms with E-state index in [1.165, 1.54) is 17.9 Å². The van der Waals surface area contributed by atoms with Crippen LogP contribution in [-0.2, 0) is 9.59 Å². The lowest BCUT2D eigenvalue weighted by Crippen LogP contribution is -2.35. The number of anilines is 2. The molecule has 1 amide bonds. The Labute approximate surface area is 140 Å². The van der Waals surface area contributed by atoms with Crippen molar-refractivity contribution < 1.29 is 9.59 Å². The van der Waals surface area contributed by atoms with Crippen molar-refractivity contribution in [2.75, 3.05) is 17.3 Å². The molecule has 0 saturated carbocycles. The van der Waals surface area contributed by atoms with Crippen LogP contribution in [0.15, 0.2) is 41.1 Å². The van der Waals surface area contributed by atoms with Crippen LogP contribution < -0.4 is 10.2 Å². The molecular formula is C17H18ClN3O2. The van der Waals surface area contributed by atoms with Crippen LogP contribution in [0.3, 0.4) is 0 Å². The minimum absolute atomic E-state index is 0.196. The molecule has 1 aromatic carbocycles. The van der Waals surface area contributed by atoms with Crippen LogP contribution in [0.25, 0.3) is 0 Å². The van der Waals surface area contributed by atoms with E-state index in [2.05, 4.69) is 5.32 Å². The Morgan fingerprint density at radius 1 is 1.30 bits per heavy atom. The highest BCUT2D eigenvalue weighted by atomic mass is 35.5. The Morgan fingerprint density at radius 3 is 2.48 bits per heavy atom. The zero-order valence-electron chi connectivity index (χ0n) is 13.5. The van der Waals surface area contributed by atoms with Crippen molar-refractivity contribution in [3.05, 3.63) is 46.1 Å². The summed E-state index contributed by atoms with van der Waals surface area (Å²) in [6.07, 6.45) is 1.38. The normalized spacial score (nSPS) is 14.7. The third kappa shape index (κ3) is 3.05. The first kappa shape index (κ1) is 17.0. The Balaban J connectivity index is 2.60. The summed E-state index contributed by atoms with van der Waals surface area (Å²) in [7, 11) is 1.75. The average Bonchev–Trinajstić information content (AvgIpc) is 2.49. The lowest BCUT2D eigenvalue weighted by molar-refractivity contribution is -0.118. The number of hydrogen-bond donors (Lipinski definition) is 2. The molecule has 0 heterocycles. The zero-order chi connectivity index (χ0) is 17.3. The van der Waals surface area contributed by atoms with Crippen LogP contribution in [-0.4, -0.2) is 24.4 Å². The number of ketones is 1. The highest BCUT2D eigenvalue weighted by molar-refractivity contribution is 6.33. The van der Waals surface area contributed by atoms with E-state index in [4.69, 9.17) is 17.0 Å². The van der Waals surface area contributed by atoms with E-state index < -0.39 is 0 Å². The van der Waals surface area contributed by atoms with Gasteiger partial charge in [-0.15, -0.1) is 0 Å². The van der Waals surface area contributed by atoms with Gasteiger partial charge in [0.25, 0.3) is 0 Å². The molecule has 5 nitrogen and oxygen atoms in total. The van der Waals surface area contributed by atoms with Gasteiger partial charge in [-0.05, 0) is 43.7 Å². The molecule has 1 aliphatic rings. The van der Waals surface area contributed by atoms with Gasteiger partial charge in [0.2, 0.25) is 11.7 Å². The van der Waals surface area contributed by atoms with Gasteiger partial charge in [-0.1, -0.05) is 11.6 Å². The second-order valence-corrected chi connectivity index (χ2v) is 5.72. The predicted molar refractivity (Wildman–Crippen MR) is 93.3 cm³/mol. The second kappa shape index (κ2) is 6.38. The summed E-state index contributed by atoms with van der Waals surface area (Å²) in [4.78, 5) is 25.9. The van der Waals surface area contributed by atoms with Gasteiger partial charge in [-0.3, -0.25) is 14.5 Å². The molecule has 0 saturated heterocycles. The number of rotatable bonds is 3. The molecule has 2 rings (SSSR count). The lowest BCUT2D eigenvalue weighted by atomic mass is 9.93. The Bertz CT molecular complexity index is 778. The first-order valence-electron chi connectivity index (χ1n) is 7.08. The summed E-state index contributed by atoms with van der Waals surface area (Å²) in [6, 6.07) is 5.07. The molecule has 1 aliphatic carbocycles. The fourth-order valence-corrected chi connectivity index (χ4v) is 2.80. The molecule has 120 valence electrons. The fraction of sp³-hybridized carbons (Fsp3) is 0.235. The van der Waals surface area contributed by atoms with Crippen molar-refractivity contribution in [2.45, 2.75) is 20.8 Å². The van der Waals surface area contributed by atoms with Gasteiger partial charge in [-0.25, -0.2) is 0 Å². The molecule has 6 heteroatoms. The molecule has 0 atom stereocenters. The maximum atomic E-state index is 12.4. The molecule has 0 spiro atoms. The first-order valence-corrected chi connectivity index (χ1v) is 7.46. The maximum Gasteiger partial charge on any atom is 0.228 e. The third-order valence-corrected chi connectivity index (χ3v) is 4.04. The minimum Gasteiger partial charge on any atom is -0.387 e. The van der Waals surface area contributed by atoms with Crippen LogP contribution >= 0.6 is 11.6 Å². The standard InChI is InChI=1S/C17H18ClN3O2/c1-9-7-15(23)17(10(2)16(9)19)21(11(3)22)12-5-6-14(20-4)13(18)8-12/h5-8,19-20H,1-4H3. The average molecular weight is 332 g/mol. The van der Waals surface area contributed by atoms with Gasteiger partial charge in [0.1, 0.15) is 5.70 Å². The molecule has 2 N–H and O–H groups in total. The highest BCUT2D eigenvalue weighted by Gasteiger charge is 2.29. The molecule has 0 aromatic heterocycles. The van der Waals surface area contributed by atoms with Crippen LogP contribution in [0.4, 0.5) is 11.4 Å². The lowest BCUT2D eigenvalue weighted by Gasteiger charge is -2.28. The van der Waals surface area contributed by atoms with Crippen molar-refractivity contribution in [3.63, 3.8) is 0 Å². The van der Waals surface area contributed by atoms with Gasteiger partial charge >= 0.3 is 0 Å². The number of nitrogens with zero attached hydrogens (tertiary/aromatic N) is 1. The van der Waals surface area contributed by atoms with Crippen LogP contribution in [0, 0.1) is 5.41 Å². The molecule has 0 radical (unpaired) electrons. The summed E-state index contributed by atoms with van der Waals surface area (Å²) in [5, 5.41) is 11.5. The van der Waals surface area contributed by atoms with E-state index in [-0.39, 0.29) is 23.1 Å². The number of allylic oxidation sites excluding steroid dienone is 3. The van der Waals surface area contributed by atoms with Crippen LogP contribution in [0.5, 0.6) is 0 Å². The van der Waals surface area contributed by atoms with Crippen molar-refractivity contribution >= 4 is 40.4 Å². The van der Waals surface area contributed by atoms with E-state index in [9.17, 15) is 9.59 Å². The van der Waals surface area contributed by atoms with E-state index in [1.54, 1.807) is 39.1 Å². The summed E-state index contributed by atoms with van der Waals surface area (Å²) >= 11 is 6.19. The molecule has 0 bridgehead atoms. The quantitative estimate of drug-likeness (QED) is 0.832. The Kier molecular flexibility index (Phi) is 4.71. The SMILES string of the molecule is CNc1ccc(N(C(C)=O)C2=C(C)C(=N)C(C)=CC2=O)cc1Cl. The highest BCUT2D eigenvalue weighted by Crippen LogP contribution is 2.32. The van der Waals surface area contributed by atoms with Crippen molar-refractivity contribution in [1.29, 1.82) is 5.41 Å². The van der Waals surface area contributed by atoms with E-state index in [0.29, 0.717) is 21.9 Å².